The molecule has 4 aromatic rings. The standard InChI is InChI=1S/C9H7NO.C8H6N2/c11-6-7-5-10-9-4-2-1-3-8(7)9;1-2-4-8-7(3-1)5-9-6-10-8/h1-6,10H;1-6H. The van der Waals surface area contributed by atoms with Gasteiger partial charge in [0.05, 0.1) is 5.52 Å². The van der Waals surface area contributed by atoms with Crippen molar-refractivity contribution in [1.82, 2.24) is 15.0 Å². The molecule has 0 saturated carbocycles. The highest BCUT2D eigenvalue weighted by molar-refractivity contribution is 5.96. The second-order valence-electron chi connectivity index (χ2n) is 4.49. The first-order chi connectivity index (χ1) is 10.4. The highest BCUT2D eigenvalue weighted by Crippen LogP contribution is 2.15. The van der Waals surface area contributed by atoms with Crippen LogP contribution >= 0.6 is 0 Å². The molecule has 21 heavy (non-hydrogen) atoms. The molecule has 0 radical (unpaired) electrons. The van der Waals surface area contributed by atoms with E-state index in [1.165, 1.54) is 0 Å². The van der Waals surface area contributed by atoms with Gasteiger partial charge in [0.15, 0.2) is 6.29 Å². The molecule has 0 unspecified atom stereocenters. The number of H-pyrrole nitrogens is 1. The Kier molecular flexibility index (Phi) is 3.69. The smallest absolute Gasteiger partial charge is 0.152 e. The number of carbonyl (C=O) groups excluding carboxylic acids is 1. The molecule has 4 heteroatoms. The summed E-state index contributed by atoms with van der Waals surface area (Å²) in [7, 11) is 0. The molecule has 0 saturated heterocycles. The van der Waals surface area contributed by atoms with Crippen LogP contribution in [0.5, 0.6) is 0 Å². The largest absolute Gasteiger partial charge is 0.360 e. The van der Waals surface area contributed by atoms with E-state index in [0.29, 0.717) is 0 Å². The van der Waals surface area contributed by atoms with Crippen LogP contribution in [0.25, 0.3) is 21.8 Å². The van der Waals surface area contributed by atoms with Gasteiger partial charge in [-0.25, -0.2) is 9.97 Å². The van der Waals surface area contributed by atoms with E-state index in [9.17, 15) is 4.79 Å². The molecule has 4 nitrogen and oxygen atoms in total. The van der Waals surface area contributed by atoms with Crippen LogP contribution in [0.3, 0.4) is 0 Å². The van der Waals surface area contributed by atoms with E-state index in [-0.39, 0.29) is 0 Å². The minimum atomic E-state index is 0.723. The van der Waals surface area contributed by atoms with Crippen molar-refractivity contribution in [2.75, 3.05) is 0 Å². The van der Waals surface area contributed by atoms with Crippen LogP contribution in [0.4, 0.5) is 0 Å². The van der Waals surface area contributed by atoms with Crippen molar-refractivity contribution >= 4 is 28.1 Å². The van der Waals surface area contributed by atoms with E-state index < -0.39 is 0 Å². The Labute approximate surface area is 121 Å². The molecule has 1 N–H and O–H groups in total. The fraction of sp³-hybridized carbons (Fsp3) is 0. The van der Waals surface area contributed by atoms with Crippen LogP contribution in [0.1, 0.15) is 10.4 Å². The zero-order valence-corrected chi connectivity index (χ0v) is 11.2. The van der Waals surface area contributed by atoms with Gasteiger partial charge in [-0.15, -0.1) is 0 Å². The molecule has 2 aromatic heterocycles. The predicted octanol–water partition coefficient (Wildman–Crippen LogP) is 3.61. The molecule has 0 aliphatic carbocycles. The number of para-hydroxylation sites is 2. The van der Waals surface area contributed by atoms with Crippen molar-refractivity contribution in [2.24, 2.45) is 0 Å². The Balaban J connectivity index is 0.000000126. The number of carbonyl (C=O) groups is 1. The molecule has 0 amide bonds. The third-order valence-corrected chi connectivity index (χ3v) is 3.16. The summed E-state index contributed by atoms with van der Waals surface area (Å²) in [4.78, 5) is 21.4. The first-order valence-electron chi connectivity index (χ1n) is 6.54. The number of hydrogen-bond donors (Lipinski definition) is 1. The molecule has 2 aromatic carbocycles. The number of nitrogens with one attached hydrogen (secondary N) is 1. The fourth-order valence-electron chi connectivity index (χ4n) is 2.11. The highest BCUT2D eigenvalue weighted by atomic mass is 16.1. The second-order valence-corrected chi connectivity index (χ2v) is 4.49. The number of nitrogens with zero attached hydrogens (tertiary/aromatic N) is 2. The van der Waals surface area contributed by atoms with Crippen molar-refractivity contribution < 1.29 is 4.79 Å². The summed E-state index contributed by atoms with van der Waals surface area (Å²) >= 11 is 0. The van der Waals surface area contributed by atoms with Crippen LogP contribution in [0, 0.1) is 0 Å². The fourth-order valence-corrected chi connectivity index (χ4v) is 2.11. The van der Waals surface area contributed by atoms with E-state index in [4.69, 9.17) is 0 Å². The number of rotatable bonds is 1. The zero-order chi connectivity index (χ0) is 14.5. The van der Waals surface area contributed by atoms with Gasteiger partial charge in [-0.2, -0.15) is 0 Å². The predicted molar refractivity (Wildman–Crippen MR) is 83.2 cm³/mol. The maximum absolute atomic E-state index is 10.5. The van der Waals surface area contributed by atoms with Gasteiger partial charge in [0.25, 0.3) is 0 Å². The van der Waals surface area contributed by atoms with E-state index in [0.717, 1.165) is 33.7 Å². The van der Waals surface area contributed by atoms with Crippen LogP contribution in [0.2, 0.25) is 0 Å². The molecular weight excluding hydrogens is 262 g/mol. The number of aldehydes is 1. The Morgan fingerprint density at radius 3 is 2.67 bits per heavy atom. The van der Waals surface area contributed by atoms with E-state index >= 15 is 0 Å². The van der Waals surface area contributed by atoms with E-state index in [1.807, 2.05) is 54.7 Å². The monoisotopic (exact) mass is 275 g/mol. The summed E-state index contributed by atoms with van der Waals surface area (Å²) in [6.45, 7) is 0. The van der Waals surface area contributed by atoms with Crippen molar-refractivity contribution in [2.45, 2.75) is 0 Å². The van der Waals surface area contributed by atoms with Gasteiger partial charge in [-0.05, 0) is 12.1 Å². The van der Waals surface area contributed by atoms with Crippen LogP contribution in [-0.4, -0.2) is 21.2 Å². The third kappa shape index (κ3) is 2.79. The third-order valence-electron chi connectivity index (χ3n) is 3.16. The SMILES string of the molecule is O=Cc1c[nH]c2ccccc12.c1ccc2ncncc2c1. The molecule has 0 atom stereocenters. The molecule has 0 aliphatic rings. The van der Waals surface area contributed by atoms with Gasteiger partial charge in [-0.3, -0.25) is 4.79 Å². The van der Waals surface area contributed by atoms with Crippen molar-refractivity contribution in [3.63, 3.8) is 0 Å². The average Bonchev–Trinajstić information content (AvgIpc) is 2.99. The Morgan fingerprint density at radius 2 is 1.81 bits per heavy atom. The van der Waals surface area contributed by atoms with E-state index in [2.05, 4.69) is 15.0 Å². The van der Waals surface area contributed by atoms with E-state index in [1.54, 1.807) is 12.5 Å². The molecule has 4 rings (SSSR count). The number of hydrogen-bond acceptors (Lipinski definition) is 3. The second kappa shape index (κ2) is 5.96. The summed E-state index contributed by atoms with van der Waals surface area (Å²) in [5.74, 6) is 0. The van der Waals surface area contributed by atoms with Crippen molar-refractivity contribution in [3.8, 4) is 0 Å². The maximum Gasteiger partial charge on any atom is 0.152 e. The van der Waals surface area contributed by atoms with Crippen molar-refractivity contribution in [3.05, 3.63) is 72.8 Å². The number of aromatic amines is 1. The lowest BCUT2D eigenvalue weighted by Gasteiger charge is -1.90. The van der Waals surface area contributed by atoms with Crippen LogP contribution in [0.15, 0.2) is 67.3 Å². The summed E-state index contributed by atoms with van der Waals surface area (Å²) < 4.78 is 0. The van der Waals surface area contributed by atoms with Gasteiger partial charge in [0.1, 0.15) is 6.33 Å². The summed E-state index contributed by atoms with van der Waals surface area (Å²) in [5.41, 5.74) is 2.73. The normalized spacial score (nSPS) is 10.1. The van der Waals surface area contributed by atoms with Crippen LogP contribution < -0.4 is 0 Å². The van der Waals surface area contributed by atoms with Gasteiger partial charge < -0.3 is 4.98 Å². The number of aromatic nitrogens is 3. The maximum atomic E-state index is 10.5. The first-order valence-corrected chi connectivity index (χ1v) is 6.54. The highest BCUT2D eigenvalue weighted by Gasteiger charge is 1.98. The lowest BCUT2D eigenvalue weighted by atomic mass is 10.2. The lowest BCUT2D eigenvalue weighted by molar-refractivity contribution is 0.112. The molecular formula is C17H13N3O. The molecule has 0 aliphatic heterocycles. The summed E-state index contributed by atoms with van der Waals surface area (Å²) in [6.07, 6.45) is 5.95. The molecule has 0 spiro atoms. The Bertz CT molecular complexity index is 818. The number of benzene rings is 2. The minimum Gasteiger partial charge on any atom is -0.360 e. The zero-order valence-electron chi connectivity index (χ0n) is 11.2. The Morgan fingerprint density at radius 1 is 1.00 bits per heavy atom. The van der Waals surface area contributed by atoms with Gasteiger partial charge >= 0.3 is 0 Å². The van der Waals surface area contributed by atoms with Gasteiger partial charge in [-0.1, -0.05) is 36.4 Å². The Hall–Kier alpha value is -3.01. The van der Waals surface area contributed by atoms with Gasteiger partial charge in [0, 0.05) is 34.2 Å². The summed E-state index contributed by atoms with van der Waals surface area (Å²) in [6, 6.07) is 15.6. The minimum absolute atomic E-state index is 0.723. The van der Waals surface area contributed by atoms with Gasteiger partial charge in [0.2, 0.25) is 0 Å². The van der Waals surface area contributed by atoms with Crippen molar-refractivity contribution in [1.29, 1.82) is 0 Å². The average molecular weight is 275 g/mol. The first kappa shape index (κ1) is 13.0. The quantitative estimate of drug-likeness (QED) is 0.540. The van der Waals surface area contributed by atoms with Crippen LogP contribution in [-0.2, 0) is 0 Å². The molecule has 2 heterocycles. The number of fused-ring (bicyclic) bond motifs is 2. The topological polar surface area (TPSA) is 58.6 Å². The molecule has 102 valence electrons. The summed E-state index contributed by atoms with van der Waals surface area (Å²) in [5, 5.41) is 2.08. The lowest BCUT2D eigenvalue weighted by Crippen LogP contribution is -1.77. The molecule has 0 fully saturated rings. The molecule has 0 bridgehead atoms.